The molecule has 0 spiro atoms. The Morgan fingerprint density at radius 1 is 1.42 bits per heavy atom. The molecule has 0 unspecified atom stereocenters. The van der Waals surface area contributed by atoms with E-state index in [-0.39, 0.29) is 23.4 Å². The lowest BCUT2D eigenvalue weighted by Gasteiger charge is -2.08. The topological polar surface area (TPSA) is 101 Å². The van der Waals surface area contributed by atoms with Gasteiger partial charge < -0.3 is 11.1 Å². The third-order valence-corrected chi connectivity index (χ3v) is 4.32. The van der Waals surface area contributed by atoms with E-state index in [9.17, 15) is 13.2 Å². The van der Waals surface area contributed by atoms with Gasteiger partial charge in [-0.05, 0) is 43.5 Å². The summed E-state index contributed by atoms with van der Waals surface area (Å²) in [6.45, 7) is 1.48. The van der Waals surface area contributed by atoms with Gasteiger partial charge in [0.2, 0.25) is 15.9 Å². The highest BCUT2D eigenvalue weighted by Gasteiger charge is 2.24. The van der Waals surface area contributed by atoms with Crippen LogP contribution < -0.4 is 15.8 Å². The van der Waals surface area contributed by atoms with Crippen molar-refractivity contribution in [1.29, 1.82) is 0 Å². The van der Waals surface area contributed by atoms with Crippen molar-refractivity contribution in [1.82, 2.24) is 10.0 Å². The standard InChI is InChI=1S/C12H17N3O3S/c1-8-6-10(4-5-11(8)13)19(17,18)14-7-12(16)15-9-2-3-9/h4-6,9,14H,2-3,7,13H2,1H3,(H,15,16). The average molecular weight is 283 g/mol. The molecule has 1 aliphatic carbocycles. The number of benzene rings is 1. The SMILES string of the molecule is Cc1cc(S(=O)(=O)NCC(=O)NC2CC2)ccc1N. The summed E-state index contributed by atoms with van der Waals surface area (Å²) in [5.41, 5.74) is 6.85. The van der Waals surface area contributed by atoms with Crippen molar-refractivity contribution in [3.8, 4) is 0 Å². The number of carbonyl (C=O) groups excluding carboxylic acids is 1. The summed E-state index contributed by atoms with van der Waals surface area (Å²) in [5, 5.41) is 2.71. The van der Waals surface area contributed by atoms with Crippen molar-refractivity contribution in [2.24, 2.45) is 0 Å². The highest BCUT2D eigenvalue weighted by atomic mass is 32.2. The molecule has 1 aromatic carbocycles. The quantitative estimate of drug-likeness (QED) is 0.669. The molecular formula is C12H17N3O3S. The summed E-state index contributed by atoms with van der Waals surface area (Å²) in [7, 11) is -3.68. The first-order chi connectivity index (χ1) is 8.88. The van der Waals surface area contributed by atoms with Crippen molar-refractivity contribution >= 4 is 21.6 Å². The zero-order chi connectivity index (χ0) is 14.0. The first-order valence-corrected chi connectivity index (χ1v) is 7.52. The molecule has 0 aromatic heterocycles. The fourth-order valence-corrected chi connectivity index (χ4v) is 2.63. The first-order valence-electron chi connectivity index (χ1n) is 6.03. The van der Waals surface area contributed by atoms with Gasteiger partial charge in [-0.3, -0.25) is 4.79 Å². The van der Waals surface area contributed by atoms with E-state index in [2.05, 4.69) is 10.0 Å². The number of hydrogen-bond acceptors (Lipinski definition) is 4. The molecule has 1 fully saturated rings. The van der Waals surface area contributed by atoms with E-state index in [0.29, 0.717) is 11.3 Å². The van der Waals surface area contributed by atoms with Crippen LogP contribution in [0.3, 0.4) is 0 Å². The lowest BCUT2D eigenvalue weighted by molar-refractivity contribution is -0.120. The number of carbonyl (C=O) groups is 1. The van der Waals surface area contributed by atoms with E-state index >= 15 is 0 Å². The summed E-state index contributed by atoms with van der Waals surface area (Å²) in [6.07, 6.45) is 1.94. The molecule has 4 N–H and O–H groups in total. The molecule has 1 amide bonds. The van der Waals surface area contributed by atoms with Gasteiger partial charge in [0.1, 0.15) is 0 Å². The van der Waals surface area contributed by atoms with Gasteiger partial charge >= 0.3 is 0 Å². The minimum Gasteiger partial charge on any atom is -0.399 e. The third-order valence-electron chi connectivity index (χ3n) is 2.92. The summed E-state index contributed by atoms with van der Waals surface area (Å²) in [6, 6.07) is 4.66. The fraction of sp³-hybridized carbons (Fsp3) is 0.417. The highest BCUT2D eigenvalue weighted by molar-refractivity contribution is 7.89. The normalized spacial score (nSPS) is 15.2. The molecule has 1 aliphatic rings. The Labute approximate surface area is 112 Å². The molecule has 0 saturated heterocycles. The van der Waals surface area contributed by atoms with Gasteiger partial charge in [-0.1, -0.05) is 0 Å². The summed E-state index contributed by atoms with van der Waals surface area (Å²) in [5.74, 6) is -0.307. The number of amides is 1. The van der Waals surface area contributed by atoms with Gasteiger partial charge in [-0.15, -0.1) is 0 Å². The van der Waals surface area contributed by atoms with Gasteiger partial charge in [-0.25, -0.2) is 13.1 Å². The van der Waals surface area contributed by atoms with Crippen molar-refractivity contribution in [2.45, 2.75) is 30.7 Å². The van der Waals surface area contributed by atoms with Gasteiger partial charge in [0.25, 0.3) is 0 Å². The Bertz CT molecular complexity index is 594. The van der Waals surface area contributed by atoms with Crippen LogP contribution in [0.15, 0.2) is 23.1 Å². The van der Waals surface area contributed by atoms with E-state index in [1.807, 2.05) is 0 Å². The average Bonchev–Trinajstić information content (AvgIpc) is 3.14. The minimum absolute atomic E-state index is 0.110. The lowest BCUT2D eigenvalue weighted by atomic mass is 10.2. The van der Waals surface area contributed by atoms with Crippen LogP contribution in [0.25, 0.3) is 0 Å². The molecule has 7 heteroatoms. The predicted molar refractivity (Wildman–Crippen MR) is 71.9 cm³/mol. The van der Waals surface area contributed by atoms with Crippen LogP contribution in [0.4, 0.5) is 5.69 Å². The Hall–Kier alpha value is -1.60. The second-order valence-electron chi connectivity index (χ2n) is 4.68. The van der Waals surface area contributed by atoms with Crippen LogP contribution in [0, 0.1) is 6.92 Å². The summed E-state index contributed by atoms with van der Waals surface area (Å²) in [4.78, 5) is 11.5. The Balaban J connectivity index is 2.00. The molecule has 19 heavy (non-hydrogen) atoms. The van der Waals surface area contributed by atoms with E-state index < -0.39 is 10.0 Å². The zero-order valence-corrected chi connectivity index (χ0v) is 11.5. The number of nitrogens with two attached hydrogens (primary N) is 1. The number of nitrogens with one attached hydrogen (secondary N) is 2. The molecule has 1 saturated carbocycles. The number of sulfonamides is 1. The van der Waals surface area contributed by atoms with Gasteiger partial charge in [0.05, 0.1) is 11.4 Å². The first kappa shape index (κ1) is 13.8. The molecule has 0 heterocycles. The molecule has 2 rings (SSSR count). The second kappa shape index (κ2) is 5.18. The van der Waals surface area contributed by atoms with E-state index in [1.165, 1.54) is 18.2 Å². The predicted octanol–water partition coefficient (Wildman–Crippen LogP) is 0.134. The molecule has 0 bridgehead atoms. The molecule has 0 atom stereocenters. The highest BCUT2D eigenvalue weighted by Crippen LogP contribution is 2.18. The number of nitrogen functional groups attached to an aromatic ring is 1. The smallest absolute Gasteiger partial charge is 0.241 e. The molecular weight excluding hydrogens is 266 g/mol. The maximum Gasteiger partial charge on any atom is 0.241 e. The second-order valence-corrected chi connectivity index (χ2v) is 6.45. The number of hydrogen-bond donors (Lipinski definition) is 3. The van der Waals surface area contributed by atoms with Crippen molar-refractivity contribution < 1.29 is 13.2 Å². The lowest BCUT2D eigenvalue weighted by Crippen LogP contribution is -2.37. The van der Waals surface area contributed by atoms with Gasteiger partial charge in [-0.2, -0.15) is 0 Å². The van der Waals surface area contributed by atoms with E-state index in [4.69, 9.17) is 5.73 Å². The van der Waals surface area contributed by atoms with Crippen molar-refractivity contribution in [3.63, 3.8) is 0 Å². The Kier molecular flexibility index (Phi) is 3.77. The molecule has 6 nitrogen and oxygen atoms in total. The maximum atomic E-state index is 12.0. The Morgan fingerprint density at radius 2 is 2.11 bits per heavy atom. The number of rotatable bonds is 5. The molecule has 1 aromatic rings. The number of aryl methyl sites for hydroxylation is 1. The fourth-order valence-electron chi connectivity index (χ4n) is 1.57. The zero-order valence-electron chi connectivity index (χ0n) is 10.6. The monoisotopic (exact) mass is 283 g/mol. The number of anilines is 1. The van der Waals surface area contributed by atoms with E-state index in [1.54, 1.807) is 6.92 Å². The van der Waals surface area contributed by atoms with Crippen molar-refractivity contribution in [3.05, 3.63) is 23.8 Å². The molecule has 0 aliphatic heterocycles. The van der Waals surface area contributed by atoms with Crippen LogP contribution >= 0.6 is 0 Å². The summed E-state index contributed by atoms with van der Waals surface area (Å²) < 4.78 is 26.2. The van der Waals surface area contributed by atoms with Crippen LogP contribution in [0.1, 0.15) is 18.4 Å². The Morgan fingerprint density at radius 3 is 2.68 bits per heavy atom. The van der Waals surface area contributed by atoms with E-state index in [0.717, 1.165) is 12.8 Å². The van der Waals surface area contributed by atoms with Crippen LogP contribution in [0.5, 0.6) is 0 Å². The third kappa shape index (κ3) is 3.68. The van der Waals surface area contributed by atoms with Gasteiger partial charge in [0.15, 0.2) is 0 Å². The van der Waals surface area contributed by atoms with Crippen LogP contribution in [-0.4, -0.2) is 26.9 Å². The molecule has 104 valence electrons. The van der Waals surface area contributed by atoms with Gasteiger partial charge in [0, 0.05) is 11.7 Å². The van der Waals surface area contributed by atoms with Crippen LogP contribution in [0.2, 0.25) is 0 Å². The maximum absolute atomic E-state index is 12.0. The van der Waals surface area contributed by atoms with Crippen LogP contribution in [-0.2, 0) is 14.8 Å². The van der Waals surface area contributed by atoms with Crippen molar-refractivity contribution in [2.75, 3.05) is 12.3 Å². The minimum atomic E-state index is -3.68. The summed E-state index contributed by atoms with van der Waals surface area (Å²) >= 11 is 0. The molecule has 0 radical (unpaired) electrons. The largest absolute Gasteiger partial charge is 0.399 e.